The van der Waals surface area contributed by atoms with Crippen molar-refractivity contribution in [2.24, 2.45) is 17.8 Å². The zero-order chi connectivity index (χ0) is 37.1. The summed E-state index contributed by atoms with van der Waals surface area (Å²) in [6, 6.07) is 0. The lowest BCUT2D eigenvalue weighted by Crippen LogP contribution is -2.28. The molecular formula is C40H68F4O4S. The van der Waals surface area contributed by atoms with Gasteiger partial charge in [-0.25, -0.2) is 17.6 Å². The normalized spacial score (nSPS) is 19.1. The van der Waals surface area contributed by atoms with Crippen molar-refractivity contribution >= 4 is 29.3 Å². The van der Waals surface area contributed by atoms with Crippen molar-refractivity contribution in [3.8, 4) is 0 Å². The van der Waals surface area contributed by atoms with Crippen LogP contribution >= 0.6 is 11.8 Å². The van der Waals surface area contributed by atoms with Gasteiger partial charge in [0.15, 0.2) is 23.3 Å². The van der Waals surface area contributed by atoms with Crippen molar-refractivity contribution < 1.29 is 36.7 Å². The van der Waals surface area contributed by atoms with Gasteiger partial charge < -0.3 is 4.74 Å². The number of Topliss-reactive ketones (excluding diaryl/α,β-unsaturated/α-hetero) is 2. The minimum atomic E-state index is -1.71. The van der Waals surface area contributed by atoms with Crippen LogP contribution < -0.4 is 0 Å². The van der Waals surface area contributed by atoms with E-state index in [1.807, 2.05) is 0 Å². The molecule has 2 aliphatic rings. The average molecular weight is 721 g/mol. The smallest absolute Gasteiger partial charge is 0.316 e. The van der Waals surface area contributed by atoms with Crippen LogP contribution in [-0.4, -0.2) is 35.1 Å². The molecule has 0 heterocycles. The van der Waals surface area contributed by atoms with Gasteiger partial charge >= 0.3 is 5.97 Å². The summed E-state index contributed by atoms with van der Waals surface area (Å²) in [4.78, 5) is 35.2. The molecule has 2 rings (SSSR count). The Balaban J connectivity index is -0.000000745. The summed E-state index contributed by atoms with van der Waals surface area (Å²) in [6.45, 7) is 19.1. The van der Waals surface area contributed by atoms with Crippen molar-refractivity contribution in [1.29, 1.82) is 0 Å². The van der Waals surface area contributed by atoms with Crippen LogP contribution in [0.1, 0.15) is 152 Å². The number of rotatable bonds is 13. The number of halogens is 4. The standard InChI is InChI=1S/C17H30O.C16H18F4O3S.2C3H8.CH4/c1-2-14-10-12-16(13-11-14)17(18)15-8-6-4-3-5-7-9-15;1-9(2)15(5-10(3)21)24-8-16(22)23-7-14(20)13(19)6-12(18)11(4)17;2*1-3-2;/h14-16H,2-13H2,1H3;6,15H,1,4-5,7-8H2,2-3H3;2*3H2,1-2H3;1H4/b;12-6+,14-13-;;;. The molecule has 2 aliphatic carbocycles. The number of carbonyl (C=O) groups excluding carboxylic acids is 3. The van der Waals surface area contributed by atoms with Crippen molar-refractivity contribution in [3.63, 3.8) is 0 Å². The summed E-state index contributed by atoms with van der Waals surface area (Å²) in [5.41, 5.74) is 0.687. The summed E-state index contributed by atoms with van der Waals surface area (Å²) >= 11 is 1.08. The minimum absolute atomic E-state index is 0. The van der Waals surface area contributed by atoms with Gasteiger partial charge in [-0.2, -0.15) is 0 Å². The molecule has 49 heavy (non-hydrogen) atoms. The second kappa shape index (κ2) is 31.8. The van der Waals surface area contributed by atoms with Gasteiger partial charge in [-0.05, 0) is 58.3 Å². The predicted octanol–water partition coefficient (Wildman–Crippen LogP) is 13.3. The number of hydrogen-bond donors (Lipinski definition) is 0. The number of thioether (sulfide) groups is 1. The molecule has 0 saturated heterocycles. The van der Waals surface area contributed by atoms with Crippen LogP contribution in [0.2, 0.25) is 0 Å². The number of carbonyl (C=O) groups is 3. The molecule has 9 heteroatoms. The van der Waals surface area contributed by atoms with Crippen molar-refractivity contribution in [1.82, 2.24) is 0 Å². The first kappa shape index (κ1) is 51.2. The zero-order valence-electron chi connectivity index (χ0n) is 30.9. The van der Waals surface area contributed by atoms with Crippen molar-refractivity contribution in [2.75, 3.05) is 12.4 Å². The van der Waals surface area contributed by atoms with Crippen LogP contribution in [0.25, 0.3) is 0 Å². The van der Waals surface area contributed by atoms with E-state index in [1.54, 1.807) is 6.92 Å². The highest BCUT2D eigenvalue weighted by atomic mass is 32.2. The Morgan fingerprint density at radius 3 is 1.69 bits per heavy atom. The van der Waals surface area contributed by atoms with Crippen LogP contribution in [0, 0.1) is 17.8 Å². The molecule has 0 aromatic rings. The first-order valence-electron chi connectivity index (χ1n) is 17.9. The van der Waals surface area contributed by atoms with Gasteiger partial charge in [0.25, 0.3) is 0 Å². The minimum Gasteiger partial charge on any atom is -0.458 e. The Hall–Kier alpha value is -2.16. The largest absolute Gasteiger partial charge is 0.458 e. The SMILES string of the molecule is C.C=C(F)/C(F)=C\C(F)=C(\F)COC(=O)CSC(CC(C)=O)C(=C)C.CCC.CCC.CCC1CCC(C(=O)C2CCCCCCC2)CC1. The van der Waals surface area contributed by atoms with Gasteiger partial charge in [-0.15, -0.1) is 11.8 Å². The highest BCUT2D eigenvalue weighted by molar-refractivity contribution is 8.00. The van der Waals surface area contributed by atoms with E-state index in [0.717, 1.165) is 17.7 Å². The maximum atomic E-state index is 13.3. The topological polar surface area (TPSA) is 60.4 Å². The molecule has 2 saturated carbocycles. The summed E-state index contributed by atoms with van der Waals surface area (Å²) in [5.74, 6) is -5.22. The number of esters is 1. The average Bonchev–Trinajstić information content (AvgIpc) is 3.02. The van der Waals surface area contributed by atoms with Crippen molar-refractivity contribution in [2.45, 2.75) is 157 Å². The highest BCUT2D eigenvalue weighted by Gasteiger charge is 2.30. The Morgan fingerprint density at radius 2 is 1.27 bits per heavy atom. The molecule has 4 nitrogen and oxygen atoms in total. The predicted molar refractivity (Wildman–Crippen MR) is 201 cm³/mol. The summed E-state index contributed by atoms with van der Waals surface area (Å²) in [5, 5.41) is -0.292. The molecule has 0 N–H and O–H groups in total. The van der Waals surface area contributed by atoms with Crippen molar-refractivity contribution in [3.05, 3.63) is 48.1 Å². The van der Waals surface area contributed by atoms with E-state index < -0.39 is 35.9 Å². The Morgan fingerprint density at radius 1 is 0.796 bits per heavy atom. The zero-order valence-corrected chi connectivity index (χ0v) is 31.7. The van der Waals surface area contributed by atoms with E-state index in [4.69, 9.17) is 0 Å². The van der Waals surface area contributed by atoms with Crippen LogP contribution in [-0.2, 0) is 19.1 Å². The van der Waals surface area contributed by atoms with Crippen LogP contribution in [0.5, 0.6) is 0 Å². The molecule has 0 bridgehead atoms. The number of allylic oxidation sites excluding steroid dienone is 4. The monoisotopic (exact) mass is 720 g/mol. The number of ketones is 2. The van der Waals surface area contributed by atoms with Crippen LogP contribution in [0.15, 0.2) is 48.1 Å². The second-order valence-electron chi connectivity index (χ2n) is 12.8. The Kier molecular flexibility index (Phi) is 33.2. The van der Waals surface area contributed by atoms with E-state index in [2.05, 4.69) is 52.5 Å². The molecule has 1 unspecified atom stereocenters. The van der Waals surface area contributed by atoms with E-state index in [-0.39, 0.29) is 36.7 Å². The second-order valence-corrected chi connectivity index (χ2v) is 14.0. The number of ether oxygens (including phenoxy) is 1. The quantitative estimate of drug-likeness (QED) is 0.0820. The van der Waals surface area contributed by atoms with Crippen LogP contribution in [0.4, 0.5) is 17.6 Å². The molecular weight excluding hydrogens is 652 g/mol. The first-order valence-corrected chi connectivity index (χ1v) is 18.9. The highest BCUT2D eigenvalue weighted by Crippen LogP contribution is 2.35. The maximum Gasteiger partial charge on any atom is 0.316 e. The van der Waals surface area contributed by atoms with E-state index >= 15 is 0 Å². The molecule has 0 radical (unpaired) electrons. The molecule has 286 valence electrons. The Bertz CT molecular complexity index is 1010. The lowest BCUT2D eigenvalue weighted by atomic mass is 9.74. The summed E-state index contributed by atoms with van der Waals surface area (Å²) < 4.78 is 55.9. The summed E-state index contributed by atoms with van der Waals surface area (Å²) in [6.07, 6.45) is 18.0. The van der Waals surface area contributed by atoms with Gasteiger partial charge in [0.2, 0.25) is 0 Å². The lowest BCUT2D eigenvalue weighted by molar-refractivity contribution is -0.140. The number of hydrogen-bond acceptors (Lipinski definition) is 5. The third kappa shape index (κ3) is 26.3. The molecule has 2 fully saturated rings. The van der Waals surface area contributed by atoms with Gasteiger partial charge in [0.1, 0.15) is 18.2 Å². The first-order chi connectivity index (χ1) is 22.7. The van der Waals surface area contributed by atoms with Gasteiger partial charge in [0, 0.05) is 29.6 Å². The Labute approximate surface area is 301 Å². The molecule has 0 aromatic heterocycles. The molecule has 0 amide bonds. The van der Waals surface area contributed by atoms with E-state index in [9.17, 15) is 31.9 Å². The molecule has 0 spiro atoms. The fourth-order valence-electron chi connectivity index (χ4n) is 5.26. The summed E-state index contributed by atoms with van der Waals surface area (Å²) in [7, 11) is 0. The van der Waals surface area contributed by atoms with E-state index in [0.29, 0.717) is 23.2 Å². The van der Waals surface area contributed by atoms with E-state index in [1.165, 1.54) is 96.8 Å². The lowest BCUT2D eigenvalue weighted by Gasteiger charge is -2.30. The fraction of sp³-hybridized carbons (Fsp3) is 0.725. The molecule has 1 atom stereocenters. The third-order valence-corrected chi connectivity index (χ3v) is 9.26. The van der Waals surface area contributed by atoms with Gasteiger partial charge in [0.05, 0.1) is 5.75 Å². The van der Waals surface area contributed by atoms with Gasteiger partial charge in [-0.3, -0.25) is 14.4 Å². The fourth-order valence-corrected chi connectivity index (χ4v) is 6.31. The maximum absolute atomic E-state index is 13.3. The molecule has 0 aliphatic heterocycles. The van der Waals surface area contributed by atoms with Crippen LogP contribution in [0.3, 0.4) is 0 Å². The molecule has 0 aromatic carbocycles. The van der Waals surface area contributed by atoms with Gasteiger partial charge in [-0.1, -0.05) is 112 Å². The third-order valence-electron chi connectivity index (χ3n) is 7.89.